The molecule has 28 heavy (non-hydrogen) atoms. The van der Waals surface area contributed by atoms with Gasteiger partial charge in [0.2, 0.25) is 11.8 Å². The molecule has 0 aromatic carbocycles. The van der Waals surface area contributed by atoms with E-state index in [4.69, 9.17) is 9.47 Å². The molecule has 3 aliphatic carbocycles. The van der Waals surface area contributed by atoms with Gasteiger partial charge >= 0.3 is 0 Å². The Morgan fingerprint density at radius 1 is 1.25 bits per heavy atom. The Kier molecular flexibility index (Phi) is 5.04. The summed E-state index contributed by atoms with van der Waals surface area (Å²) < 4.78 is 38.6. The number of ether oxygens (including phenoxy) is 2. The Balaban J connectivity index is 1.53. The second-order valence-corrected chi connectivity index (χ2v) is 6.73. The Hall–Kier alpha value is -2.87. The molecule has 8 heteroatoms. The zero-order valence-corrected chi connectivity index (χ0v) is 15.2. The fourth-order valence-corrected chi connectivity index (χ4v) is 3.57. The topological polar surface area (TPSA) is 73.3 Å². The first-order valence-electron chi connectivity index (χ1n) is 9.02. The highest BCUT2D eigenvalue weighted by molar-refractivity contribution is 6.00. The normalized spacial score (nSPS) is 26.3. The predicted molar refractivity (Wildman–Crippen MR) is 98.0 cm³/mol. The lowest BCUT2D eigenvalue weighted by Crippen LogP contribution is -2.34. The van der Waals surface area contributed by atoms with Crippen molar-refractivity contribution in [3.05, 3.63) is 59.4 Å². The predicted octanol–water partition coefficient (Wildman–Crippen LogP) is 3.20. The van der Waals surface area contributed by atoms with E-state index in [2.05, 4.69) is 15.3 Å². The fourth-order valence-electron chi connectivity index (χ4n) is 3.57. The van der Waals surface area contributed by atoms with Gasteiger partial charge < -0.3 is 14.8 Å². The summed E-state index contributed by atoms with van der Waals surface area (Å²) in [4.78, 5) is 20.2. The minimum atomic E-state index is -0.721. The average Bonchev–Trinajstić information content (AvgIpc) is 3.08. The van der Waals surface area contributed by atoms with Crippen LogP contribution in [0.4, 0.5) is 14.7 Å². The molecule has 0 saturated heterocycles. The highest BCUT2D eigenvalue weighted by Gasteiger charge is 2.32. The third kappa shape index (κ3) is 3.60. The lowest BCUT2D eigenvalue weighted by molar-refractivity contribution is -0.115. The first-order valence-corrected chi connectivity index (χ1v) is 9.02. The summed E-state index contributed by atoms with van der Waals surface area (Å²) in [6, 6.07) is -0.425. The first-order chi connectivity index (χ1) is 13.5. The van der Waals surface area contributed by atoms with Gasteiger partial charge in [-0.3, -0.25) is 4.79 Å². The maximum atomic E-state index is 14.2. The van der Waals surface area contributed by atoms with Crippen molar-refractivity contribution < 1.29 is 23.0 Å². The largest absolute Gasteiger partial charge is 0.467 e. The van der Waals surface area contributed by atoms with Crippen molar-refractivity contribution in [1.82, 2.24) is 9.97 Å². The number of hydrogen-bond donors (Lipinski definition) is 1. The van der Waals surface area contributed by atoms with Gasteiger partial charge in [0.15, 0.2) is 5.78 Å². The highest BCUT2D eigenvalue weighted by Crippen LogP contribution is 2.33. The number of anilines is 1. The molecule has 1 heterocycles. The number of Topliss-reactive ketones (excluding diaryl/α,β-unsaturated/α-hetero) is 1. The molecule has 0 spiro atoms. The summed E-state index contributed by atoms with van der Waals surface area (Å²) in [5, 5.41) is 2.98. The van der Waals surface area contributed by atoms with E-state index in [1.807, 2.05) is 12.2 Å². The molecule has 146 valence electrons. The van der Waals surface area contributed by atoms with E-state index in [0.717, 1.165) is 11.8 Å². The second kappa shape index (κ2) is 7.63. The third-order valence-corrected chi connectivity index (χ3v) is 4.93. The van der Waals surface area contributed by atoms with Crippen LogP contribution in [0.1, 0.15) is 19.3 Å². The second-order valence-electron chi connectivity index (χ2n) is 6.73. The van der Waals surface area contributed by atoms with Crippen LogP contribution in [0.15, 0.2) is 53.6 Å². The number of carbonyl (C=O) groups is 1. The van der Waals surface area contributed by atoms with Crippen LogP contribution >= 0.6 is 0 Å². The molecule has 0 aliphatic heterocycles. The van der Waals surface area contributed by atoms with Crippen molar-refractivity contribution in [2.75, 3.05) is 12.4 Å². The maximum Gasteiger partial charge on any atom is 0.255 e. The molecule has 3 unspecified atom stereocenters. The van der Waals surface area contributed by atoms with Gasteiger partial charge in [-0.1, -0.05) is 18.2 Å². The molecular formula is C20H19F2N3O3. The number of hydrogen-bond acceptors (Lipinski definition) is 6. The van der Waals surface area contributed by atoms with Crippen molar-refractivity contribution in [1.29, 1.82) is 0 Å². The van der Waals surface area contributed by atoms with Crippen LogP contribution in [-0.2, 0) is 9.53 Å². The molecule has 1 N–H and O–H groups in total. The molecule has 0 radical (unpaired) electrons. The van der Waals surface area contributed by atoms with Gasteiger partial charge in [0, 0.05) is 25.5 Å². The number of nitrogens with zero attached hydrogens (tertiary/aromatic N) is 2. The zero-order chi connectivity index (χ0) is 19.7. The molecule has 1 aromatic rings. The lowest BCUT2D eigenvalue weighted by atomic mass is 9.96. The summed E-state index contributed by atoms with van der Waals surface area (Å²) in [6.45, 7) is 0. The minimum Gasteiger partial charge on any atom is -0.467 e. The monoisotopic (exact) mass is 387 g/mol. The van der Waals surface area contributed by atoms with E-state index in [-0.39, 0.29) is 17.6 Å². The molecule has 3 aliphatic rings. The van der Waals surface area contributed by atoms with Crippen LogP contribution in [0.5, 0.6) is 5.88 Å². The van der Waals surface area contributed by atoms with Crippen LogP contribution in [0.3, 0.4) is 0 Å². The van der Waals surface area contributed by atoms with Crippen molar-refractivity contribution in [2.24, 2.45) is 0 Å². The quantitative estimate of drug-likeness (QED) is 0.837. The molecule has 1 aromatic heterocycles. The zero-order valence-electron chi connectivity index (χ0n) is 15.2. The summed E-state index contributed by atoms with van der Waals surface area (Å²) >= 11 is 0. The van der Waals surface area contributed by atoms with Gasteiger partial charge in [0.1, 0.15) is 18.0 Å². The first kappa shape index (κ1) is 18.5. The minimum absolute atomic E-state index is 0.0289. The number of rotatable bonds is 5. The fraction of sp³-hybridized carbons (Fsp3) is 0.350. The van der Waals surface area contributed by atoms with Crippen LogP contribution in [0, 0.1) is 5.82 Å². The SMILES string of the molecule is COC1C=C(F)C=CC1Nc1ncc(F)c(OC2CC=CC3=C2C(=O)CC3)n1. The number of ketones is 1. The number of aromatic nitrogens is 2. The molecule has 3 atom stereocenters. The van der Waals surface area contributed by atoms with Gasteiger partial charge in [-0.05, 0) is 24.1 Å². The smallest absolute Gasteiger partial charge is 0.255 e. The van der Waals surface area contributed by atoms with Crippen LogP contribution in [-0.4, -0.2) is 41.1 Å². The molecule has 0 amide bonds. The van der Waals surface area contributed by atoms with Crippen molar-refractivity contribution in [3.8, 4) is 5.88 Å². The number of carbonyl (C=O) groups excluding carboxylic acids is 1. The number of nitrogens with one attached hydrogen (secondary N) is 1. The Morgan fingerprint density at radius 2 is 2.11 bits per heavy atom. The molecule has 0 bridgehead atoms. The van der Waals surface area contributed by atoms with E-state index < -0.39 is 29.9 Å². The maximum absolute atomic E-state index is 14.2. The van der Waals surface area contributed by atoms with Crippen LogP contribution in [0.25, 0.3) is 0 Å². The number of halogens is 2. The van der Waals surface area contributed by atoms with Gasteiger partial charge in [0.25, 0.3) is 5.88 Å². The number of allylic oxidation sites excluding steroid dienone is 4. The summed E-state index contributed by atoms with van der Waals surface area (Å²) in [5.74, 6) is -1.21. The van der Waals surface area contributed by atoms with E-state index in [1.165, 1.54) is 19.3 Å². The van der Waals surface area contributed by atoms with Gasteiger partial charge in [-0.15, -0.1) is 0 Å². The van der Waals surface area contributed by atoms with E-state index in [1.54, 1.807) is 6.08 Å². The van der Waals surface area contributed by atoms with E-state index >= 15 is 0 Å². The summed E-state index contributed by atoms with van der Waals surface area (Å²) in [6.07, 6.45) is 9.53. The Labute approximate surface area is 160 Å². The van der Waals surface area contributed by atoms with Crippen molar-refractivity contribution in [3.63, 3.8) is 0 Å². The number of methoxy groups -OCH3 is 1. The Morgan fingerprint density at radius 3 is 2.93 bits per heavy atom. The molecule has 0 fully saturated rings. The third-order valence-electron chi connectivity index (χ3n) is 4.93. The lowest BCUT2D eigenvalue weighted by Gasteiger charge is -2.25. The molecular weight excluding hydrogens is 368 g/mol. The van der Waals surface area contributed by atoms with Gasteiger partial charge in [-0.2, -0.15) is 9.37 Å². The van der Waals surface area contributed by atoms with Crippen LogP contribution in [0.2, 0.25) is 0 Å². The molecule has 4 rings (SSSR count). The van der Waals surface area contributed by atoms with E-state index in [0.29, 0.717) is 24.8 Å². The van der Waals surface area contributed by atoms with Gasteiger partial charge in [0.05, 0.1) is 12.2 Å². The standard InChI is InChI=1S/C20H19F2N3O3/c1-27-17-9-12(21)6-7-14(17)24-20-23-10-13(22)19(25-20)28-16-4-2-3-11-5-8-15(26)18(11)16/h2-3,6-7,9-10,14,16-17H,4-5,8H2,1H3,(H,23,24,25). The highest BCUT2D eigenvalue weighted by atomic mass is 19.1. The van der Waals surface area contributed by atoms with Crippen LogP contribution < -0.4 is 10.1 Å². The Bertz CT molecular complexity index is 923. The average molecular weight is 387 g/mol. The molecule has 6 nitrogen and oxygen atoms in total. The van der Waals surface area contributed by atoms with Gasteiger partial charge in [-0.25, -0.2) is 9.37 Å². The summed E-state index contributed by atoms with van der Waals surface area (Å²) in [5.41, 5.74) is 1.54. The van der Waals surface area contributed by atoms with E-state index in [9.17, 15) is 13.6 Å². The summed E-state index contributed by atoms with van der Waals surface area (Å²) in [7, 11) is 1.46. The van der Waals surface area contributed by atoms with Crippen molar-refractivity contribution in [2.45, 2.75) is 37.5 Å². The van der Waals surface area contributed by atoms with Crippen molar-refractivity contribution >= 4 is 11.7 Å². The molecule has 0 saturated carbocycles.